The predicted molar refractivity (Wildman–Crippen MR) is 86.3 cm³/mol. The van der Waals surface area contributed by atoms with Crippen molar-refractivity contribution in [3.8, 4) is 0 Å². The molecule has 1 aromatic heterocycles. The molecule has 1 aromatic rings. The Kier molecular flexibility index (Phi) is 7.07. The number of rotatable bonds is 7. The highest BCUT2D eigenvalue weighted by Gasteiger charge is 2.15. The molecule has 9 heteroatoms. The van der Waals surface area contributed by atoms with E-state index in [1.165, 1.54) is 6.21 Å². The molecular weight excluding hydrogens is 332 g/mol. The standard InChI is InChI=1S/C13H17F2N3O2S2/c14-12(15)22-8-11-4-3-10(20-11)7-17-18-13(21)16-6-9-2-1-5-19-9/h3-4,7,9,12H,1-2,5-6,8H2,(H2,16,18,21)/b17-7-/t9-/m0/s1. The van der Waals surface area contributed by atoms with Crippen molar-refractivity contribution in [2.75, 3.05) is 13.2 Å². The van der Waals surface area contributed by atoms with E-state index in [-0.39, 0.29) is 11.9 Å². The Labute approximate surface area is 136 Å². The van der Waals surface area contributed by atoms with Gasteiger partial charge in [-0.15, -0.1) is 0 Å². The fourth-order valence-electron chi connectivity index (χ4n) is 1.89. The van der Waals surface area contributed by atoms with Crippen LogP contribution in [0, 0.1) is 0 Å². The molecule has 2 heterocycles. The van der Waals surface area contributed by atoms with Crippen LogP contribution in [-0.4, -0.2) is 36.3 Å². The van der Waals surface area contributed by atoms with E-state index < -0.39 is 5.76 Å². The summed E-state index contributed by atoms with van der Waals surface area (Å²) in [6.45, 7) is 1.45. The van der Waals surface area contributed by atoms with Crippen LogP contribution in [0.15, 0.2) is 21.7 Å². The SMILES string of the molecule is FC(F)SCc1ccc(/C=N\NC(=S)NC[C@@H]2CCCO2)o1. The zero-order valence-electron chi connectivity index (χ0n) is 11.8. The highest BCUT2D eigenvalue weighted by atomic mass is 32.2. The Morgan fingerprint density at radius 2 is 2.41 bits per heavy atom. The molecule has 1 aliphatic rings. The Balaban J connectivity index is 1.66. The number of halogens is 2. The Hall–Kier alpha value is -1.19. The second-order valence-corrected chi connectivity index (χ2v) is 5.98. The maximum atomic E-state index is 12.1. The van der Waals surface area contributed by atoms with Crippen molar-refractivity contribution >= 4 is 35.3 Å². The second-order valence-electron chi connectivity index (χ2n) is 4.59. The molecule has 0 spiro atoms. The van der Waals surface area contributed by atoms with Gasteiger partial charge in [-0.2, -0.15) is 13.9 Å². The zero-order valence-corrected chi connectivity index (χ0v) is 13.4. The maximum Gasteiger partial charge on any atom is 0.284 e. The third-order valence-electron chi connectivity index (χ3n) is 2.91. The number of alkyl halides is 2. The van der Waals surface area contributed by atoms with Crippen molar-refractivity contribution in [3.05, 3.63) is 23.7 Å². The quantitative estimate of drug-likeness (QED) is 0.448. The van der Waals surface area contributed by atoms with Crippen LogP contribution < -0.4 is 10.7 Å². The first kappa shape index (κ1) is 17.2. The first-order valence-corrected chi connectivity index (χ1v) is 8.26. The predicted octanol–water partition coefficient (Wildman–Crippen LogP) is 2.71. The number of furan rings is 1. The molecule has 0 aromatic carbocycles. The summed E-state index contributed by atoms with van der Waals surface area (Å²) in [4.78, 5) is 0. The minimum Gasteiger partial charge on any atom is -0.459 e. The molecule has 0 radical (unpaired) electrons. The van der Waals surface area contributed by atoms with Gasteiger partial charge in [-0.05, 0) is 37.2 Å². The van der Waals surface area contributed by atoms with Crippen LogP contribution in [0.1, 0.15) is 24.4 Å². The van der Waals surface area contributed by atoms with Gasteiger partial charge in [0, 0.05) is 13.2 Å². The number of ether oxygens (including phenoxy) is 1. The summed E-state index contributed by atoms with van der Waals surface area (Å²) in [5.41, 5.74) is 2.66. The summed E-state index contributed by atoms with van der Waals surface area (Å²) in [7, 11) is 0. The molecule has 2 rings (SSSR count). The lowest BCUT2D eigenvalue weighted by molar-refractivity contribution is 0.114. The third-order valence-corrected chi connectivity index (χ3v) is 3.84. The monoisotopic (exact) mass is 349 g/mol. The molecule has 0 unspecified atom stereocenters. The lowest BCUT2D eigenvalue weighted by Crippen LogP contribution is -2.37. The van der Waals surface area contributed by atoms with Crippen molar-refractivity contribution in [2.24, 2.45) is 5.10 Å². The van der Waals surface area contributed by atoms with Gasteiger partial charge < -0.3 is 14.5 Å². The van der Waals surface area contributed by atoms with Gasteiger partial charge in [0.25, 0.3) is 5.76 Å². The number of thiocarbonyl (C=S) groups is 1. The van der Waals surface area contributed by atoms with Gasteiger partial charge in [-0.1, -0.05) is 11.8 Å². The summed E-state index contributed by atoms with van der Waals surface area (Å²) in [6, 6.07) is 3.31. The van der Waals surface area contributed by atoms with Gasteiger partial charge in [0.2, 0.25) is 0 Å². The zero-order chi connectivity index (χ0) is 15.8. The highest BCUT2D eigenvalue weighted by Crippen LogP contribution is 2.20. The van der Waals surface area contributed by atoms with E-state index in [1.54, 1.807) is 12.1 Å². The van der Waals surface area contributed by atoms with Crippen LogP contribution in [0.5, 0.6) is 0 Å². The van der Waals surface area contributed by atoms with Crippen molar-refractivity contribution < 1.29 is 17.9 Å². The van der Waals surface area contributed by atoms with Crippen LogP contribution in [0.3, 0.4) is 0 Å². The van der Waals surface area contributed by atoms with Gasteiger partial charge in [0.1, 0.15) is 11.5 Å². The molecule has 5 nitrogen and oxygen atoms in total. The normalized spacial score (nSPS) is 18.2. The van der Waals surface area contributed by atoms with Crippen molar-refractivity contribution in [3.63, 3.8) is 0 Å². The van der Waals surface area contributed by atoms with Crippen LogP contribution in [0.2, 0.25) is 0 Å². The van der Waals surface area contributed by atoms with Crippen LogP contribution in [-0.2, 0) is 10.5 Å². The lowest BCUT2D eigenvalue weighted by atomic mass is 10.2. The number of thioether (sulfide) groups is 1. The molecule has 0 saturated carbocycles. The molecule has 1 fully saturated rings. The minimum atomic E-state index is -2.41. The van der Waals surface area contributed by atoms with Gasteiger partial charge in [0.05, 0.1) is 18.1 Å². The van der Waals surface area contributed by atoms with Crippen LogP contribution in [0.4, 0.5) is 8.78 Å². The first-order chi connectivity index (χ1) is 10.6. The average molecular weight is 349 g/mol. The van der Waals surface area contributed by atoms with E-state index in [4.69, 9.17) is 21.4 Å². The van der Waals surface area contributed by atoms with E-state index in [2.05, 4.69) is 15.8 Å². The van der Waals surface area contributed by atoms with Crippen LogP contribution in [0.25, 0.3) is 0 Å². The first-order valence-electron chi connectivity index (χ1n) is 6.80. The van der Waals surface area contributed by atoms with Gasteiger partial charge in [-0.25, -0.2) is 0 Å². The minimum absolute atomic E-state index is 0.125. The molecule has 0 amide bonds. The van der Waals surface area contributed by atoms with E-state index in [9.17, 15) is 8.78 Å². The van der Waals surface area contributed by atoms with Gasteiger partial charge in [0.15, 0.2) is 5.11 Å². The summed E-state index contributed by atoms with van der Waals surface area (Å²) >= 11 is 5.59. The smallest absolute Gasteiger partial charge is 0.284 e. The Morgan fingerprint density at radius 3 is 3.14 bits per heavy atom. The molecule has 2 N–H and O–H groups in total. The number of hydrogen-bond acceptors (Lipinski definition) is 5. The lowest BCUT2D eigenvalue weighted by Gasteiger charge is -2.11. The van der Waals surface area contributed by atoms with E-state index >= 15 is 0 Å². The van der Waals surface area contributed by atoms with Crippen LogP contribution >= 0.6 is 24.0 Å². The third kappa shape index (κ3) is 6.29. The molecule has 1 atom stereocenters. The average Bonchev–Trinajstić information content (AvgIpc) is 3.14. The molecule has 22 heavy (non-hydrogen) atoms. The molecule has 1 saturated heterocycles. The molecule has 122 valence electrons. The number of nitrogens with one attached hydrogen (secondary N) is 2. The maximum absolute atomic E-state index is 12.1. The van der Waals surface area contributed by atoms with Gasteiger partial charge in [-0.3, -0.25) is 5.43 Å². The molecule has 0 bridgehead atoms. The number of nitrogens with zero attached hydrogens (tertiary/aromatic N) is 1. The molecular formula is C13H17F2N3O2S2. The van der Waals surface area contributed by atoms with Crippen molar-refractivity contribution in [1.29, 1.82) is 0 Å². The number of hydrogen-bond donors (Lipinski definition) is 2. The van der Waals surface area contributed by atoms with E-state index in [0.717, 1.165) is 19.4 Å². The fraction of sp³-hybridized carbons (Fsp3) is 0.538. The molecule has 0 aliphatic carbocycles. The highest BCUT2D eigenvalue weighted by molar-refractivity contribution is 7.98. The summed E-state index contributed by atoms with van der Waals surface area (Å²) in [5, 5.41) is 7.34. The molecule has 1 aliphatic heterocycles. The summed E-state index contributed by atoms with van der Waals surface area (Å²) in [6.07, 6.45) is 3.75. The van der Waals surface area contributed by atoms with Crippen molar-refractivity contribution in [1.82, 2.24) is 10.7 Å². The summed E-state index contributed by atoms with van der Waals surface area (Å²) < 4.78 is 34.9. The van der Waals surface area contributed by atoms with Gasteiger partial charge >= 0.3 is 0 Å². The largest absolute Gasteiger partial charge is 0.459 e. The number of hydrazone groups is 1. The second kappa shape index (κ2) is 9.06. The summed E-state index contributed by atoms with van der Waals surface area (Å²) in [5.74, 6) is -1.33. The fourth-order valence-corrected chi connectivity index (χ4v) is 2.47. The Bertz CT molecular complexity index is 505. The topological polar surface area (TPSA) is 58.8 Å². The van der Waals surface area contributed by atoms with E-state index in [1.807, 2.05) is 0 Å². The Morgan fingerprint density at radius 1 is 1.55 bits per heavy atom. The van der Waals surface area contributed by atoms with Crippen molar-refractivity contribution in [2.45, 2.75) is 30.5 Å². The van der Waals surface area contributed by atoms with E-state index in [0.29, 0.717) is 34.9 Å².